The fourth-order valence-electron chi connectivity index (χ4n) is 1.78. The van der Waals surface area contributed by atoms with Gasteiger partial charge in [0, 0.05) is 13.6 Å². The van der Waals surface area contributed by atoms with Gasteiger partial charge in [0.05, 0.1) is 19.5 Å². The van der Waals surface area contributed by atoms with Crippen molar-refractivity contribution in [2.24, 2.45) is 0 Å². The van der Waals surface area contributed by atoms with Gasteiger partial charge in [0.2, 0.25) is 0 Å². The molecular formula is C14H14ClN3O3. The van der Waals surface area contributed by atoms with Crippen LogP contribution in [0.5, 0.6) is 11.5 Å². The summed E-state index contributed by atoms with van der Waals surface area (Å²) in [6.07, 6.45) is 2.66. The number of aromatic hydroxyl groups is 1. The fraction of sp³-hybridized carbons (Fsp3) is 0.214. The Morgan fingerprint density at radius 1 is 1.38 bits per heavy atom. The molecule has 1 heterocycles. The van der Waals surface area contributed by atoms with Gasteiger partial charge in [-0.1, -0.05) is 17.7 Å². The number of rotatable bonds is 4. The summed E-state index contributed by atoms with van der Waals surface area (Å²) in [7, 11) is 3.12. The van der Waals surface area contributed by atoms with Gasteiger partial charge in [0.25, 0.3) is 5.91 Å². The number of methoxy groups -OCH3 is 1. The molecule has 2 rings (SSSR count). The van der Waals surface area contributed by atoms with Crippen LogP contribution in [0.25, 0.3) is 0 Å². The van der Waals surface area contributed by atoms with Gasteiger partial charge in [-0.05, 0) is 17.7 Å². The summed E-state index contributed by atoms with van der Waals surface area (Å²) in [5.41, 5.74) is 1.04. The Bertz CT molecular complexity index is 646. The third-order valence-electron chi connectivity index (χ3n) is 2.85. The van der Waals surface area contributed by atoms with Gasteiger partial charge in [-0.3, -0.25) is 4.79 Å². The number of amides is 1. The van der Waals surface area contributed by atoms with E-state index >= 15 is 0 Å². The molecule has 0 saturated heterocycles. The Labute approximate surface area is 127 Å². The molecule has 0 aliphatic rings. The zero-order chi connectivity index (χ0) is 15.4. The monoisotopic (exact) mass is 307 g/mol. The second-order valence-corrected chi connectivity index (χ2v) is 4.78. The topological polar surface area (TPSA) is 75.5 Å². The molecule has 110 valence electrons. The first-order valence-corrected chi connectivity index (χ1v) is 6.48. The second-order valence-electron chi connectivity index (χ2n) is 4.39. The van der Waals surface area contributed by atoms with Crippen molar-refractivity contribution in [2.45, 2.75) is 6.54 Å². The summed E-state index contributed by atoms with van der Waals surface area (Å²) < 4.78 is 5.04. The lowest BCUT2D eigenvalue weighted by Gasteiger charge is -2.17. The van der Waals surface area contributed by atoms with Crippen molar-refractivity contribution in [3.8, 4) is 11.5 Å². The number of aromatic nitrogens is 2. The van der Waals surface area contributed by atoms with Crippen molar-refractivity contribution in [3.63, 3.8) is 0 Å². The van der Waals surface area contributed by atoms with Crippen LogP contribution in [0, 0.1) is 0 Å². The third-order valence-corrected chi connectivity index (χ3v) is 3.05. The van der Waals surface area contributed by atoms with Crippen LogP contribution in [0.15, 0.2) is 30.6 Å². The van der Waals surface area contributed by atoms with E-state index in [-0.39, 0.29) is 22.5 Å². The summed E-state index contributed by atoms with van der Waals surface area (Å²) >= 11 is 5.64. The Hall–Kier alpha value is -2.34. The van der Waals surface area contributed by atoms with Crippen LogP contribution in [-0.4, -0.2) is 40.0 Å². The van der Waals surface area contributed by atoms with Gasteiger partial charge in [-0.2, -0.15) is 0 Å². The van der Waals surface area contributed by atoms with Crippen molar-refractivity contribution >= 4 is 17.5 Å². The number of hydrogen-bond acceptors (Lipinski definition) is 5. The number of nitrogens with zero attached hydrogens (tertiary/aromatic N) is 3. The van der Waals surface area contributed by atoms with Crippen molar-refractivity contribution in [1.82, 2.24) is 14.9 Å². The van der Waals surface area contributed by atoms with Gasteiger partial charge >= 0.3 is 0 Å². The van der Waals surface area contributed by atoms with E-state index in [2.05, 4.69) is 9.97 Å². The highest BCUT2D eigenvalue weighted by molar-refractivity contribution is 6.29. The number of carbonyl (C=O) groups is 1. The van der Waals surface area contributed by atoms with Crippen LogP contribution in [0.4, 0.5) is 0 Å². The van der Waals surface area contributed by atoms with E-state index in [1.165, 1.54) is 30.5 Å². The normalized spacial score (nSPS) is 10.2. The van der Waals surface area contributed by atoms with E-state index in [1.54, 1.807) is 19.2 Å². The zero-order valence-electron chi connectivity index (χ0n) is 11.6. The molecule has 0 radical (unpaired) electrons. The van der Waals surface area contributed by atoms with Crippen molar-refractivity contribution < 1.29 is 14.6 Å². The summed E-state index contributed by atoms with van der Waals surface area (Å²) in [5.74, 6) is 0.143. The molecule has 0 aliphatic heterocycles. The SMILES string of the molecule is COc1cc(CN(C)C(=O)c2cnc(Cl)cn2)ccc1O. The number of ether oxygens (including phenoxy) is 1. The Morgan fingerprint density at radius 3 is 2.76 bits per heavy atom. The van der Waals surface area contributed by atoms with Crippen LogP contribution in [0.2, 0.25) is 5.15 Å². The molecule has 7 heteroatoms. The largest absolute Gasteiger partial charge is 0.504 e. The molecule has 1 aromatic heterocycles. The lowest BCUT2D eigenvalue weighted by molar-refractivity contribution is 0.0778. The molecule has 1 amide bonds. The van der Waals surface area contributed by atoms with E-state index in [9.17, 15) is 9.90 Å². The molecule has 0 fully saturated rings. The van der Waals surface area contributed by atoms with Crippen LogP contribution in [0.1, 0.15) is 16.1 Å². The first-order chi connectivity index (χ1) is 10.0. The number of phenols is 1. The predicted molar refractivity (Wildman–Crippen MR) is 77.5 cm³/mol. The molecule has 0 unspecified atom stereocenters. The molecule has 1 N–H and O–H groups in total. The number of halogens is 1. The summed E-state index contributed by atoms with van der Waals surface area (Å²) in [6.45, 7) is 0.347. The van der Waals surface area contributed by atoms with Gasteiger partial charge in [-0.25, -0.2) is 9.97 Å². The van der Waals surface area contributed by atoms with E-state index in [0.717, 1.165) is 5.56 Å². The molecule has 0 bridgehead atoms. The first-order valence-electron chi connectivity index (χ1n) is 6.10. The Kier molecular flexibility index (Phi) is 4.59. The molecule has 21 heavy (non-hydrogen) atoms. The van der Waals surface area contributed by atoms with E-state index in [0.29, 0.717) is 12.3 Å². The summed E-state index contributed by atoms with van der Waals surface area (Å²) in [4.78, 5) is 21.4. The molecule has 6 nitrogen and oxygen atoms in total. The van der Waals surface area contributed by atoms with E-state index < -0.39 is 0 Å². The van der Waals surface area contributed by atoms with Crippen LogP contribution >= 0.6 is 11.6 Å². The molecule has 0 aliphatic carbocycles. The Morgan fingerprint density at radius 2 is 2.14 bits per heavy atom. The minimum absolute atomic E-state index is 0.0544. The minimum atomic E-state index is -0.272. The zero-order valence-corrected chi connectivity index (χ0v) is 12.3. The molecule has 0 spiro atoms. The Balaban J connectivity index is 2.12. The number of carbonyl (C=O) groups excluding carboxylic acids is 1. The predicted octanol–water partition coefficient (Wildman–Crippen LogP) is 2.12. The average Bonchev–Trinajstić information content (AvgIpc) is 2.49. The smallest absolute Gasteiger partial charge is 0.274 e. The number of benzene rings is 1. The molecule has 0 saturated carbocycles. The first kappa shape index (κ1) is 15.1. The summed E-state index contributed by atoms with van der Waals surface area (Å²) in [5, 5.41) is 9.78. The van der Waals surface area contributed by atoms with Gasteiger partial charge in [0.1, 0.15) is 10.8 Å². The average molecular weight is 308 g/mol. The van der Waals surface area contributed by atoms with Crippen LogP contribution < -0.4 is 4.74 Å². The number of phenolic OH excluding ortho intramolecular Hbond substituents is 1. The highest BCUT2D eigenvalue weighted by Gasteiger charge is 2.14. The van der Waals surface area contributed by atoms with Crippen LogP contribution in [-0.2, 0) is 6.54 Å². The second kappa shape index (κ2) is 6.41. The van der Waals surface area contributed by atoms with E-state index in [4.69, 9.17) is 16.3 Å². The molecule has 1 aromatic carbocycles. The van der Waals surface area contributed by atoms with Crippen LogP contribution in [0.3, 0.4) is 0 Å². The third kappa shape index (κ3) is 3.61. The van der Waals surface area contributed by atoms with Gasteiger partial charge in [-0.15, -0.1) is 0 Å². The fourth-order valence-corrected chi connectivity index (χ4v) is 1.88. The van der Waals surface area contributed by atoms with E-state index in [1.807, 2.05) is 0 Å². The minimum Gasteiger partial charge on any atom is -0.504 e. The van der Waals surface area contributed by atoms with Crippen molar-refractivity contribution in [3.05, 3.63) is 47.0 Å². The van der Waals surface area contributed by atoms with Crippen molar-refractivity contribution in [2.75, 3.05) is 14.2 Å². The highest BCUT2D eigenvalue weighted by atomic mass is 35.5. The summed E-state index contributed by atoms with van der Waals surface area (Å²) in [6, 6.07) is 4.91. The van der Waals surface area contributed by atoms with Gasteiger partial charge < -0.3 is 14.7 Å². The maximum absolute atomic E-state index is 12.2. The molecule has 2 aromatic rings. The standard InChI is InChI=1S/C14H14ClN3O3/c1-18(14(20)10-6-17-13(15)7-16-10)8-9-3-4-11(19)12(5-9)21-2/h3-7,19H,8H2,1-2H3. The lowest BCUT2D eigenvalue weighted by atomic mass is 10.2. The maximum atomic E-state index is 12.2. The maximum Gasteiger partial charge on any atom is 0.274 e. The van der Waals surface area contributed by atoms with Gasteiger partial charge in [0.15, 0.2) is 11.5 Å². The molecular weight excluding hydrogens is 294 g/mol. The highest BCUT2D eigenvalue weighted by Crippen LogP contribution is 2.26. The van der Waals surface area contributed by atoms with Crippen molar-refractivity contribution in [1.29, 1.82) is 0 Å². The molecule has 0 atom stereocenters. The lowest BCUT2D eigenvalue weighted by Crippen LogP contribution is -2.27. The number of hydrogen-bond donors (Lipinski definition) is 1. The quantitative estimate of drug-likeness (QED) is 0.936.